The Morgan fingerprint density at radius 3 is 2.24 bits per heavy atom. The molecule has 1 saturated heterocycles. The number of fused-ring (bicyclic) bond motifs is 1. The zero-order chi connectivity index (χ0) is 17.6. The molecule has 4 heteroatoms. The summed E-state index contributed by atoms with van der Waals surface area (Å²) in [6, 6.07) is 15.6. The molecule has 0 saturated carbocycles. The molecule has 25 heavy (non-hydrogen) atoms. The van der Waals surface area contributed by atoms with Gasteiger partial charge in [-0.15, -0.1) is 0 Å². The Labute approximate surface area is 147 Å². The molecule has 0 atom stereocenters. The van der Waals surface area contributed by atoms with Crippen molar-refractivity contribution in [2.75, 3.05) is 19.6 Å². The van der Waals surface area contributed by atoms with E-state index < -0.39 is 0 Å². The van der Waals surface area contributed by atoms with Crippen LogP contribution in [0.25, 0.3) is 10.9 Å². The van der Waals surface area contributed by atoms with Gasteiger partial charge in [0.25, 0.3) is 0 Å². The van der Waals surface area contributed by atoms with Crippen LogP contribution >= 0.6 is 0 Å². The van der Waals surface area contributed by atoms with Gasteiger partial charge in [0.1, 0.15) is 11.6 Å². The lowest BCUT2D eigenvalue weighted by Gasteiger charge is -2.32. The molecule has 2 heterocycles. The van der Waals surface area contributed by atoms with Gasteiger partial charge in [0.05, 0.1) is 5.52 Å². The van der Waals surface area contributed by atoms with E-state index in [1.165, 1.54) is 18.2 Å². The second-order valence-corrected chi connectivity index (χ2v) is 6.39. The molecule has 0 bridgehead atoms. The Bertz CT molecular complexity index is 790. The first-order valence-corrected chi connectivity index (χ1v) is 8.86. The van der Waals surface area contributed by atoms with Gasteiger partial charge >= 0.3 is 0 Å². The predicted molar refractivity (Wildman–Crippen MR) is 98.7 cm³/mol. The molecule has 2 aromatic carbocycles. The normalized spacial score (nSPS) is 15.8. The standard InChI is InChI=1S/C15H19FN2.C6H5F/c1-2-17-8-6-14(7-9-17)18-10-5-12-3-4-13(16)11-15(12)18;7-6-4-2-1-3-5-6/h3-5,10-11,14H,2,6-9H2,1H3;1-5H. The van der Waals surface area contributed by atoms with Crippen molar-refractivity contribution in [1.82, 2.24) is 9.47 Å². The molecule has 0 N–H and O–H groups in total. The minimum Gasteiger partial charge on any atom is -0.344 e. The first kappa shape index (κ1) is 17.6. The number of benzene rings is 2. The van der Waals surface area contributed by atoms with Crippen LogP contribution in [0, 0.1) is 11.6 Å². The average molecular weight is 342 g/mol. The van der Waals surface area contributed by atoms with Crippen molar-refractivity contribution in [3.8, 4) is 0 Å². The van der Waals surface area contributed by atoms with Crippen molar-refractivity contribution < 1.29 is 8.78 Å². The number of hydrogen-bond donors (Lipinski definition) is 0. The molecule has 0 radical (unpaired) electrons. The van der Waals surface area contributed by atoms with E-state index in [1.807, 2.05) is 6.07 Å². The maximum Gasteiger partial charge on any atom is 0.125 e. The van der Waals surface area contributed by atoms with Crippen LogP contribution in [0.15, 0.2) is 60.8 Å². The number of piperidine rings is 1. The van der Waals surface area contributed by atoms with Crippen molar-refractivity contribution in [2.45, 2.75) is 25.8 Å². The van der Waals surface area contributed by atoms with Crippen molar-refractivity contribution in [1.29, 1.82) is 0 Å². The molecule has 3 aromatic rings. The second kappa shape index (κ2) is 8.26. The molecular formula is C21H24F2N2. The number of halogens is 2. The highest BCUT2D eigenvalue weighted by atomic mass is 19.1. The summed E-state index contributed by atoms with van der Waals surface area (Å²) in [5.41, 5.74) is 1.03. The van der Waals surface area contributed by atoms with Crippen LogP contribution in [0.5, 0.6) is 0 Å². The first-order valence-electron chi connectivity index (χ1n) is 8.86. The molecule has 1 aliphatic heterocycles. The van der Waals surface area contributed by atoms with E-state index in [0.29, 0.717) is 6.04 Å². The molecule has 4 rings (SSSR count). The van der Waals surface area contributed by atoms with E-state index in [9.17, 15) is 8.78 Å². The van der Waals surface area contributed by atoms with Gasteiger partial charge in [-0.1, -0.05) is 25.1 Å². The molecule has 1 aromatic heterocycles. The summed E-state index contributed by atoms with van der Waals surface area (Å²) >= 11 is 0. The summed E-state index contributed by atoms with van der Waals surface area (Å²) in [7, 11) is 0. The third-order valence-corrected chi connectivity index (χ3v) is 4.82. The predicted octanol–water partition coefficient (Wildman–Crippen LogP) is 5.26. The molecule has 0 unspecified atom stereocenters. The fourth-order valence-corrected chi connectivity index (χ4v) is 3.37. The van der Waals surface area contributed by atoms with Gasteiger partial charge < -0.3 is 9.47 Å². The molecule has 0 aliphatic carbocycles. The molecule has 1 aliphatic rings. The monoisotopic (exact) mass is 342 g/mol. The second-order valence-electron chi connectivity index (χ2n) is 6.39. The van der Waals surface area contributed by atoms with Crippen LogP contribution in [-0.4, -0.2) is 29.1 Å². The zero-order valence-electron chi connectivity index (χ0n) is 14.5. The first-order chi connectivity index (χ1) is 12.2. The van der Waals surface area contributed by atoms with Gasteiger partial charge in [-0.25, -0.2) is 8.78 Å². The Kier molecular flexibility index (Phi) is 5.82. The average Bonchev–Trinajstić information content (AvgIpc) is 3.06. The highest BCUT2D eigenvalue weighted by molar-refractivity contribution is 5.80. The number of hydrogen-bond acceptors (Lipinski definition) is 1. The van der Waals surface area contributed by atoms with Crippen LogP contribution in [0.4, 0.5) is 8.78 Å². The van der Waals surface area contributed by atoms with E-state index in [1.54, 1.807) is 24.3 Å². The summed E-state index contributed by atoms with van der Waals surface area (Å²) < 4.78 is 27.5. The van der Waals surface area contributed by atoms with Gasteiger partial charge in [-0.3, -0.25) is 0 Å². The van der Waals surface area contributed by atoms with Crippen molar-refractivity contribution >= 4 is 10.9 Å². The molecule has 0 amide bonds. The lowest BCUT2D eigenvalue weighted by molar-refractivity contribution is 0.197. The lowest BCUT2D eigenvalue weighted by Crippen LogP contribution is -2.34. The Balaban J connectivity index is 0.000000219. The molecule has 1 fully saturated rings. The van der Waals surface area contributed by atoms with Gasteiger partial charge in [0.2, 0.25) is 0 Å². The minimum atomic E-state index is -0.178. The lowest BCUT2D eigenvalue weighted by atomic mass is 10.0. The summed E-state index contributed by atoms with van der Waals surface area (Å²) in [5, 5.41) is 1.13. The van der Waals surface area contributed by atoms with E-state index in [0.717, 1.165) is 43.4 Å². The van der Waals surface area contributed by atoms with Gasteiger partial charge in [0, 0.05) is 25.3 Å². The summed E-state index contributed by atoms with van der Waals surface area (Å²) in [5.74, 6) is -0.323. The third-order valence-electron chi connectivity index (χ3n) is 4.82. The molecular weight excluding hydrogens is 318 g/mol. The number of likely N-dealkylation sites (tertiary alicyclic amines) is 1. The van der Waals surface area contributed by atoms with Crippen LogP contribution in [0.2, 0.25) is 0 Å². The third kappa shape index (κ3) is 4.45. The number of rotatable bonds is 2. The van der Waals surface area contributed by atoms with Crippen LogP contribution < -0.4 is 0 Å². The number of nitrogens with zero attached hydrogens (tertiary/aromatic N) is 2. The summed E-state index contributed by atoms with van der Waals surface area (Å²) in [6.45, 7) is 5.64. The Morgan fingerprint density at radius 1 is 0.920 bits per heavy atom. The quantitative estimate of drug-likeness (QED) is 0.616. The fourth-order valence-electron chi connectivity index (χ4n) is 3.37. The van der Waals surface area contributed by atoms with Gasteiger partial charge in [-0.05, 0) is 61.2 Å². The van der Waals surface area contributed by atoms with E-state index in [2.05, 4.69) is 28.7 Å². The van der Waals surface area contributed by atoms with E-state index in [4.69, 9.17) is 0 Å². The number of aromatic nitrogens is 1. The van der Waals surface area contributed by atoms with Gasteiger partial charge in [0.15, 0.2) is 0 Å². The smallest absolute Gasteiger partial charge is 0.125 e. The largest absolute Gasteiger partial charge is 0.344 e. The fraction of sp³-hybridized carbons (Fsp3) is 0.333. The Hall–Kier alpha value is -2.20. The van der Waals surface area contributed by atoms with Crippen LogP contribution in [0.1, 0.15) is 25.8 Å². The molecule has 132 valence electrons. The van der Waals surface area contributed by atoms with Crippen molar-refractivity contribution in [3.63, 3.8) is 0 Å². The van der Waals surface area contributed by atoms with Crippen LogP contribution in [0.3, 0.4) is 0 Å². The Morgan fingerprint density at radius 2 is 1.64 bits per heavy atom. The minimum absolute atomic E-state index is 0.145. The highest BCUT2D eigenvalue weighted by Gasteiger charge is 2.20. The molecule has 0 spiro atoms. The highest BCUT2D eigenvalue weighted by Crippen LogP contribution is 2.28. The molecule has 2 nitrogen and oxygen atoms in total. The SMILES string of the molecule is CCN1CCC(n2ccc3ccc(F)cc32)CC1.Fc1ccccc1. The maximum absolute atomic E-state index is 13.4. The topological polar surface area (TPSA) is 8.17 Å². The van der Waals surface area contributed by atoms with Crippen molar-refractivity contribution in [2.24, 2.45) is 0 Å². The summed E-state index contributed by atoms with van der Waals surface area (Å²) in [6.07, 6.45) is 4.43. The zero-order valence-corrected chi connectivity index (χ0v) is 14.5. The van der Waals surface area contributed by atoms with Gasteiger partial charge in [-0.2, -0.15) is 0 Å². The van der Waals surface area contributed by atoms with Crippen LogP contribution in [-0.2, 0) is 0 Å². The maximum atomic E-state index is 13.4. The van der Waals surface area contributed by atoms with E-state index in [-0.39, 0.29) is 11.6 Å². The summed E-state index contributed by atoms with van der Waals surface area (Å²) in [4.78, 5) is 2.47. The van der Waals surface area contributed by atoms with E-state index >= 15 is 0 Å². The van der Waals surface area contributed by atoms with Crippen molar-refractivity contribution in [3.05, 3.63) is 72.4 Å².